The van der Waals surface area contributed by atoms with Gasteiger partial charge in [-0.1, -0.05) is 24.3 Å². The molecule has 6 nitrogen and oxygen atoms in total. The van der Waals surface area contributed by atoms with Crippen LogP contribution in [-0.4, -0.2) is 16.0 Å². The lowest BCUT2D eigenvalue weighted by Crippen LogP contribution is -2.39. The molecule has 1 aliphatic rings. The van der Waals surface area contributed by atoms with Crippen molar-refractivity contribution in [2.75, 3.05) is 5.32 Å². The zero-order chi connectivity index (χ0) is 17.7. The van der Waals surface area contributed by atoms with Crippen LogP contribution in [-0.2, 0) is 0 Å². The summed E-state index contributed by atoms with van der Waals surface area (Å²) < 4.78 is 1.94. The van der Waals surface area contributed by atoms with Crippen molar-refractivity contribution in [3.63, 3.8) is 0 Å². The van der Waals surface area contributed by atoms with Crippen LogP contribution >= 0.6 is 11.3 Å². The van der Waals surface area contributed by atoms with Gasteiger partial charge >= 0.3 is 5.65 Å². The summed E-state index contributed by atoms with van der Waals surface area (Å²) in [6.45, 7) is 1.98. The first-order valence-corrected chi connectivity index (χ1v) is 9.20. The number of aromatic amines is 1. The number of nitrogens with zero attached hydrogens (tertiary/aromatic N) is 2. The molecule has 4 aromatic rings. The van der Waals surface area contributed by atoms with E-state index in [4.69, 9.17) is 4.98 Å². The maximum atomic E-state index is 12.6. The highest BCUT2D eigenvalue weighted by molar-refractivity contribution is 7.10. The monoisotopic (exact) mass is 362 g/mol. The first-order chi connectivity index (χ1) is 12.7. The topological polar surface area (TPSA) is 73.7 Å². The van der Waals surface area contributed by atoms with Crippen molar-refractivity contribution in [1.82, 2.24) is 15.4 Å². The van der Waals surface area contributed by atoms with Gasteiger partial charge in [0.2, 0.25) is 0 Å². The normalized spacial score (nSPS) is 16.2. The number of nitrogens with one attached hydrogen (secondary N) is 3. The number of anilines is 1. The molecule has 7 heteroatoms. The fraction of sp³-hybridized carbons (Fsp3) is 0.105. The van der Waals surface area contributed by atoms with E-state index in [1.165, 1.54) is 0 Å². The van der Waals surface area contributed by atoms with E-state index in [0.29, 0.717) is 11.4 Å². The summed E-state index contributed by atoms with van der Waals surface area (Å²) in [5, 5.41) is 12.6. The minimum atomic E-state index is -0.259. The van der Waals surface area contributed by atoms with E-state index in [0.717, 1.165) is 27.3 Å². The highest BCUT2D eigenvalue weighted by Gasteiger charge is 2.32. The molecule has 0 fully saturated rings. The molecule has 0 unspecified atom stereocenters. The highest BCUT2D eigenvalue weighted by atomic mass is 32.1. The molecule has 1 atom stereocenters. The van der Waals surface area contributed by atoms with Crippen LogP contribution in [0, 0.1) is 6.92 Å². The van der Waals surface area contributed by atoms with Gasteiger partial charge in [0.25, 0.3) is 11.7 Å². The number of hydrogen-bond acceptors (Lipinski definition) is 4. The van der Waals surface area contributed by atoms with E-state index >= 15 is 0 Å². The van der Waals surface area contributed by atoms with Crippen molar-refractivity contribution in [2.45, 2.75) is 13.1 Å². The lowest BCUT2D eigenvalue weighted by Gasteiger charge is -2.23. The van der Waals surface area contributed by atoms with Gasteiger partial charge in [0.05, 0.1) is 11.1 Å². The molecule has 26 heavy (non-hydrogen) atoms. The van der Waals surface area contributed by atoms with Gasteiger partial charge < -0.3 is 10.6 Å². The average molecular weight is 362 g/mol. The van der Waals surface area contributed by atoms with Gasteiger partial charge in [-0.25, -0.2) is 5.10 Å². The third kappa shape index (κ3) is 2.28. The van der Waals surface area contributed by atoms with Crippen molar-refractivity contribution in [3.8, 4) is 5.69 Å². The van der Waals surface area contributed by atoms with Crippen LogP contribution in [0.15, 0.2) is 53.9 Å². The van der Waals surface area contributed by atoms with Crippen LogP contribution < -0.4 is 15.3 Å². The number of benzene rings is 1. The van der Waals surface area contributed by atoms with Crippen LogP contribution in [0.5, 0.6) is 0 Å². The second-order valence-corrected chi connectivity index (χ2v) is 7.21. The molecule has 3 aromatic heterocycles. The summed E-state index contributed by atoms with van der Waals surface area (Å²) in [6.07, 6.45) is -0.259. The summed E-state index contributed by atoms with van der Waals surface area (Å²) in [4.78, 5) is 18.5. The SMILES string of the molecule is Cc1[nH][n+](-c2ccccc2)c2nc3c(cc12)C(=O)N[C@H](c1cccs1)N3. The summed E-state index contributed by atoms with van der Waals surface area (Å²) in [5.41, 5.74) is 3.31. The molecule has 0 saturated carbocycles. The van der Waals surface area contributed by atoms with E-state index in [-0.39, 0.29) is 12.1 Å². The van der Waals surface area contributed by atoms with Crippen molar-refractivity contribution in [2.24, 2.45) is 0 Å². The molecule has 128 valence electrons. The largest absolute Gasteiger partial charge is 0.358 e. The number of pyridine rings is 1. The van der Waals surface area contributed by atoms with E-state index in [1.807, 2.05) is 65.5 Å². The Bertz CT molecular complexity index is 1120. The Morgan fingerprint density at radius 3 is 2.73 bits per heavy atom. The number of carbonyl (C=O) groups is 1. The number of aryl methyl sites for hydroxylation is 1. The number of amides is 1. The number of thiophene rings is 1. The van der Waals surface area contributed by atoms with Crippen LogP contribution in [0.1, 0.15) is 27.1 Å². The fourth-order valence-electron chi connectivity index (χ4n) is 3.26. The smallest absolute Gasteiger partial charge is 0.327 e. The van der Waals surface area contributed by atoms with Crippen LogP contribution in [0.4, 0.5) is 5.82 Å². The van der Waals surface area contributed by atoms with E-state index < -0.39 is 0 Å². The third-order valence-corrected chi connectivity index (χ3v) is 5.48. The van der Waals surface area contributed by atoms with Gasteiger partial charge in [-0.05, 0) is 41.6 Å². The number of carbonyl (C=O) groups excluding carboxylic acids is 1. The second-order valence-electron chi connectivity index (χ2n) is 6.23. The summed E-state index contributed by atoms with van der Waals surface area (Å²) in [6, 6.07) is 15.9. The molecule has 1 aliphatic heterocycles. The number of H-pyrrole nitrogens is 1. The fourth-order valence-corrected chi connectivity index (χ4v) is 3.98. The molecule has 1 amide bonds. The first kappa shape index (κ1) is 15.1. The van der Waals surface area contributed by atoms with E-state index in [2.05, 4.69) is 15.7 Å². The minimum absolute atomic E-state index is 0.113. The molecular weight excluding hydrogens is 346 g/mol. The molecule has 0 aliphatic carbocycles. The van der Waals surface area contributed by atoms with Crippen molar-refractivity contribution >= 4 is 34.1 Å². The third-order valence-electron chi connectivity index (χ3n) is 4.54. The Morgan fingerprint density at radius 1 is 1.12 bits per heavy atom. The quantitative estimate of drug-likeness (QED) is 0.480. The Morgan fingerprint density at radius 2 is 1.96 bits per heavy atom. The number of rotatable bonds is 2. The Balaban J connectivity index is 1.67. The van der Waals surface area contributed by atoms with Gasteiger partial charge in [-0.2, -0.15) is 0 Å². The molecular formula is C19H16N5OS+. The van der Waals surface area contributed by atoms with E-state index in [1.54, 1.807) is 11.3 Å². The maximum absolute atomic E-state index is 12.6. The van der Waals surface area contributed by atoms with Crippen molar-refractivity contribution < 1.29 is 9.48 Å². The standard InChI is InChI=1S/C19H15N5OS/c1-11-13-10-14-16(20-17(22-19(14)25)15-8-5-9-26-15)21-18(13)24(23-11)12-6-3-2-4-7-12/h2-10,17H,1H3,(H2,20,21,22,23,25)/p+1/t17-/m1/s1. The van der Waals surface area contributed by atoms with Gasteiger partial charge in [-0.3, -0.25) is 4.79 Å². The predicted molar refractivity (Wildman–Crippen MR) is 101 cm³/mol. The van der Waals surface area contributed by atoms with Gasteiger partial charge in [0.15, 0.2) is 5.69 Å². The Kier molecular flexibility index (Phi) is 3.29. The molecule has 0 spiro atoms. The first-order valence-electron chi connectivity index (χ1n) is 8.32. The number of hydrogen-bond donors (Lipinski definition) is 3. The molecule has 4 heterocycles. The predicted octanol–water partition coefficient (Wildman–Crippen LogP) is 3.06. The number of fused-ring (bicyclic) bond motifs is 2. The minimum Gasteiger partial charge on any atom is -0.327 e. The average Bonchev–Trinajstić information content (AvgIpc) is 3.30. The van der Waals surface area contributed by atoms with Gasteiger partial charge in [0, 0.05) is 4.88 Å². The number of aromatic nitrogens is 3. The highest BCUT2D eigenvalue weighted by Crippen LogP contribution is 2.29. The Labute approximate surface area is 153 Å². The second kappa shape index (κ2) is 5.67. The summed E-state index contributed by atoms with van der Waals surface area (Å²) >= 11 is 1.60. The molecule has 1 aromatic carbocycles. The van der Waals surface area contributed by atoms with E-state index in [9.17, 15) is 4.79 Å². The Hall–Kier alpha value is -3.19. The van der Waals surface area contributed by atoms with Crippen LogP contribution in [0.2, 0.25) is 0 Å². The zero-order valence-electron chi connectivity index (χ0n) is 14.0. The van der Waals surface area contributed by atoms with Crippen LogP contribution in [0.25, 0.3) is 16.7 Å². The van der Waals surface area contributed by atoms with Crippen molar-refractivity contribution in [1.29, 1.82) is 0 Å². The van der Waals surface area contributed by atoms with Gasteiger partial charge in [-0.15, -0.1) is 16.0 Å². The lowest BCUT2D eigenvalue weighted by atomic mass is 10.1. The summed E-state index contributed by atoms with van der Waals surface area (Å²) in [5.74, 6) is 0.488. The lowest BCUT2D eigenvalue weighted by molar-refractivity contribution is -0.632. The summed E-state index contributed by atoms with van der Waals surface area (Å²) in [7, 11) is 0. The zero-order valence-corrected chi connectivity index (χ0v) is 14.8. The van der Waals surface area contributed by atoms with Crippen molar-refractivity contribution in [3.05, 3.63) is 70.0 Å². The molecule has 0 bridgehead atoms. The maximum Gasteiger partial charge on any atom is 0.358 e. The number of para-hydroxylation sites is 1. The molecule has 0 radical (unpaired) electrons. The molecule has 5 rings (SSSR count). The van der Waals surface area contributed by atoms with Crippen LogP contribution in [0.3, 0.4) is 0 Å². The van der Waals surface area contributed by atoms with Gasteiger partial charge in [0.1, 0.15) is 11.7 Å². The molecule has 3 N–H and O–H groups in total. The molecule has 0 saturated heterocycles.